The standard InChI is InChI=1S/C27H42N4O5/c1-7-8-16-29-24(33)23(20-11-9-10-17(2)18(20)3)31(19-12-13-19)25(34)21(14-15-22(28)32)30-26(35)36-27(4,5)6/h9-11,19,21,23H,7-8,12-16H2,1-6H3,(H2,28,32)(H,29,33)(H,30,35). The number of hydrogen-bond acceptors (Lipinski definition) is 5. The maximum absolute atomic E-state index is 14.0. The molecule has 1 aliphatic rings. The number of carbonyl (C=O) groups is 4. The highest BCUT2D eigenvalue weighted by atomic mass is 16.6. The zero-order chi connectivity index (χ0) is 27.0. The van der Waals surface area contributed by atoms with Gasteiger partial charge in [0.25, 0.3) is 0 Å². The zero-order valence-electron chi connectivity index (χ0n) is 22.5. The summed E-state index contributed by atoms with van der Waals surface area (Å²) in [6.45, 7) is 11.6. The van der Waals surface area contributed by atoms with Gasteiger partial charge in [-0.3, -0.25) is 14.4 Å². The van der Waals surface area contributed by atoms with Crippen molar-refractivity contribution < 1.29 is 23.9 Å². The van der Waals surface area contributed by atoms with Crippen molar-refractivity contribution in [3.05, 3.63) is 34.9 Å². The second-order valence-electron chi connectivity index (χ2n) is 10.5. The van der Waals surface area contributed by atoms with Crippen LogP contribution in [0.15, 0.2) is 18.2 Å². The predicted molar refractivity (Wildman–Crippen MR) is 138 cm³/mol. The van der Waals surface area contributed by atoms with Gasteiger partial charge in [-0.1, -0.05) is 31.5 Å². The van der Waals surface area contributed by atoms with Crippen molar-refractivity contribution in [1.29, 1.82) is 0 Å². The highest BCUT2D eigenvalue weighted by Crippen LogP contribution is 2.37. The minimum absolute atomic E-state index is 0.00754. The molecule has 0 saturated heterocycles. The first kappa shape index (κ1) is 29.1. The Hall–Kier alpha value is -3.10. The van der Waals surface area contributed by atoms with Gasteiger partial charge in [0.05, 0.1) is 0 Å². The Labute approximate surface area is 214 Å². The molecule has 1 fully saturated rings. The van der Waals surface area contributed by atoms with Gasteiger partial charge < -0.3 is 26.0 Å². The number of nitrogens with zero attached hydrogens (tertiary/aromatic N) is 1. The first-order valence-electron chi connectivity index (χ1n) is 12.8. The fourth-order valence-electron chi connectivity index (χ4n) is 4.02. The average molecular weight is 503 g/mol. The van der Waals surface area contributed by atoms with Crippen molar-refractivity contribution >= 4 is 23.8 Å². The van der Waals surface area contributed by atoms with Gasteiger partial charge in [-0.15, -0.1) is 0 Å². The molecule has 36 heavy (non-hydrogen) atoms. The van der Waals surface area contributed by atoms with Crippen LogP contribution in [0.25, 0.3) is 0 Å². The minimum atomic E-state index is -1.07. The van der Waals surface area contributed by atoms with E-state index in [2.05, 4.69) is 10.6 Å². The largest absolute Gasteiger partial charge is 0.444 e. The number of unbranched alkanes of at least 4 members (excludes halogenated alkanes) is 1. The SMILES string of the molecule is CCCCNC(=O)C(c1cccc(C)c1C)N(C(=O)C(CCC(N)=O)NC(=O)OC(C)(C)C)C1CC1. The molecule has 9 nitrogen and oxygen atoms in total. The highest BCUT2D eigenvalue weighted by molar-refractivity contribution is 5.93. The summed E-state index contributed by atoms with van der Waals surface area (Å²) < 4.78 is 5.36. The van der Waals surface area contributed by atoms with Crippen LogP contribution in [-0.2, 0) is 19.1 Å². The van der Waals surface area contributed by atoms with E-state index in [1.165, 1.54) is 0 Å². The molecule has 1 saturated carbocycles. The normalized spacial score (nSPS) is 14.9. The Balaban J connectivity index is 2.46. The quantitative estimate of drug-likeness (QED) is 0.377. The van der Waals surface area contributed by atoms with Crippen LogP contribution < -0.4 is 16.4 Å². The third-order valence-corrected chi connectivity index (χ3v) is 6.16. The Morgan fingerprint density at radius 3 is 2.39 bits per heavy atom. The van der Waals surface area contributed by atoms with Crippen molar-refractivity contribution in [3.8, 4) is 0 Å². The number of hydrogen-bond donors (Lipinski definition) is 3. The lowest BCUT2D eigenvalue weighted by atomic mass is 9.94. The van der Waals surface area contributed by atoms with Gasteiger partial charge in [0.2, 0.25) is 17.7 Å². The molecule has 1 aromatic carbocycles. The molecule has 2 rings (SSSR count). The van der Waals surface area contributed by atoms with E-state index in [-0.39, 0.29) is 24.8 Å². The molecule has 0 spiro atoms. The third kappa shape index (κ3) is 8.53. The van der Waals surface area contributed by atoms with Gasteiger partial charge in [-0.2, -0.15) is 0 Å². The van der Waals surface area contributed by atoms with Gasteiger partial charge in [0.1, 0.15) is 17.7 Å². The number of primary amides is 1. The van der Waals surface area contributed by atoms with E-state index < -0.39 is 35.6 Å². The van der Waals surface area contributed by atoms with Crippen molar-refractivity contribution in [2.45, 2.75) is 104 Å². The van der Waals surface area contributed by atoms with E-state index in [1.807, 2.05) is 39.0 Å². The molecule has 9 heteroatoms. The number of aryl methyl sites for hydroxylation is 1. The lowest BCUT2D eigenvalue weighted by Gasteiger charge is -2.35. The van der Waals surface area contributed by atoms with Crippen molar-refractivity contribution in [2.24, 2.45) is 5.73 Å². The van der Waals surface area contributed by atoms with Crippen LogP contribution in [0, 0.1) is 13.8 Å². The lowest BCUT2D eigenvalue weighted by Crippen LogP contribution is -2.54. The topological polar surface area (TPSA) is 131 Å². The van der Waals surface area contributed by atoms with Crippen LogP contribution in [-0.4, -0.2) is 52.9 Å². The molecule has 0 bridgehead atoms. The predicted octanol–water partition coefficient (Wildman–Crippen LogP) is 3.41. The summed E-state index contributed by atoms with van der Waals surface area (Å²) in [6, 6.07) is 3.64. The molecule has 200 valence electrons. The van der Waals surface area contributed by atoms with Gasteiger partial charge in [-0.25, -0.2) is 4.79 Å². The zero-order valence-corrected chi connectivity index (χ0v) is 22.5. The minimum Gasteiger partial charge on any atom is -0.444 e. The number of amides is 4. The average Bonchev–Trinajstić information content (AvgIpc) is 3.60. The molecule has 4 amide bonds. The van der Waals surface area contributed by atoms with E-state index in [0.29, 0.717) is 6.54 Å². The molecule has 0 aliphatic heterocycles. The summed E-state index contributed by atoms with van der Waals surface area (Å²) in [7, 11) is 0. The molecular weight excluding hydrogens is 460 g/mol. The summed E-state index contributed by atoms with van der Waals surface area (Å²) in [4.78, 5) is 53.3. The van der Waals surface area contributed by atoms with E-state index >= 15 is 0 Å². The highest BCUT2D eigenvalue weighted by Gasteiger charge is 2.44. The van der Waals surface area contributed by atoms with Crippen molar-refractivity contribution in [2.75, 3.05) is 6.54 Å². The summed E-state index contributed by atoms with van der Waals surface area (Å²) in [5, 5.41) is 5.61. The maximum atomic E-state index is 14.0. The fourth-order valence-corrected chi connectivity index (χ4v) is 4.02. The Morgan fingerprint density at radius 2 is 1.83 bits per heavy atom. The van der Waals surface area contributed by atoms with Crippen LogP contribution >= 0.6 is 0 Å². The third-order valence-electron chi connectivity index (χ3n) is 6.16. The van der Waals surface area contributed by atoms with Crippen LogP contribution in [0.1, 0.15) is 89.0 Å². The smallest absolute Gasteiger partial charge is 0.408 e. The molecule has 0 radical (unpaired) electrons. The number of nitrogens with one attached hydrogen (secondary N) is 2. The Bertz CT molecular complexity index is 952. The summed E-state index contributed by atoms with van der Waals surface area (Å²) in [5.74, 6) is -1.27. The number of benzene rings is 1. The number of rotatable bonds is 12. The molecule has 2 unspecified atom stereocenters. The van der Waals surface area contributed by atoms with Crippen molar-refractivity contribution in [1.82, 2.24) is 15.5 Å². The van der Waals surface area contributed by atoms with Crippen LogP contribution in [0.4, 0.5) is 4.79 Å². The summed E-state index contributed by atoms with van der Waals surface area (Å²) in [6.07, 6.45) is 2.40. The Kier molecular flexibility index (Phi) is 10.3. The second kappa shape index (κ2) is 12.7. The molecule has 0 heterocycles. The first-order chi connectivity index (χ1) is 16.9. The number of alkyl carbamates (subject to hydrolysis) is 1. The van der Waals surface area contributed by atoms with Gasteiger partial charge in [0, 0.05) is 19.0 Å². The van der Waals surface area contributed by atoms with E-state index in [1.54, 1.807) is 25.7 Å². The monoisotopic (exact) mass is 502 g/mol. The summed E-state index contributed by atoms with van der Waals surface area (Å²) in [5.41, 5.74) is 7.28. The van der Waals surface area contributed by atoms with Gasteiger partial charge in [-0.05, 0) is 77.0 Å². The molecule has 1 aliphatic carbocycles. The van der Waals surface area contributed by atoms with Crippen LogP contribution in [0.5, 0.6) is 0 Å². The molecule has 0 aromatic heterocycles. The maximum Gasteiger partial charge on any atom is 0.408 e. The van der Waals surface area contributed by atoms with Crippen LogP contribution in [0.2, 0.25) is 0 Å². The van der Waals surface area contributed by atoms with Gasteiger partial charge >= 0.3 is 6.09 Å². The van der Waals surface area contributed by atoms with E-state index in [9.17, 15) is 19.2 Å². The lowest BCUT2D eigenvalue weighted by molar-refractivity contribution is -0.143. The molecular formula is C27H42N4O5. The number of ether oxygens (including phenoxy) is 1. The Morgan fingerprint density at radius 1 is 1.17 bits per heavy atom. The van der Waals surface area contributed by atoms with Gasteiger partial charge in [0.15, 0.2) is 0 Å². The fraction of sp³-hybridized carbons (Fsp3) is 0.630. The number of carbonyl (C=O) groups excluding carboxylic acids is 4. The van der Waals surface area contributed by atoms with E-state index in [0.717, 1.165) is 42.4 Å². The molecule has 1 aromatic rings. The number of nitrogens with two attached hydrogens (primary N) is 1. The van der Waals surface area contributed by atoms with Crippen molar-refractivity contribution in [3.63, 3.8) is 0 Å². The first-order valence-corrected chi connectivity index (χ1v) is 12.8. The van der Waals surface area contributed by atoms with E-state index in [4.69, 9.17) is 10.5 Å². The molecule has 2 atom stereocenters. The summed E-state index contributed by atoms with van der Waals surface area (Å²) >= 11 is 0. The van der Waals surface area contributed by atoms with Crippen LogP contribution in [0.3, 0.4) is 0 Å². The second-order valence-corrected chi connectivity index (χ2v) is 10.5. The molecule has 4 N–H and O–H groups in total.